The van der Waals surface area contributed by atoms with Gasteiger partial charge in [-0.05, 0) is 39.5 Å². The quantitative estimate of drug-likeness (QED) is 0.807. The summed E-state index contributed by atoms with van der Waals surface area (Å²) in [6.07, 6.45) is 0. The van der Waals surface area contributed by atoms with Crippen LogP contribution >= 0.6 is 11.8 Å². The van der Waals surface area contributed by atoms with Gasteiger partial charge in [-0.3, -0.25) is 0 Å². The second-order valence-corrected chi connectivity index (χ2v) is 5.51. The zero-order chi connectivity index (χ0) is 13.8. The normalized spacial score (nSPS) is 11.7. The molecule has 0 saturated carbocycles. The molecule has 0 spiro atoms. The van der Waals surface area contributed by atoms with Crippen LogP contribution in [0.15, 0.2) is 5.16 Å². The summed E-state index contributed by atoms with van der Waals surface area (Å²) < 4.78 is 24.7. The van der Waals surface area contributed by atoms with E-state index >= 15 is 0 Å². The standard InChI is InChI=1S/C10H17F2N5S/c1-5-13-7-14-8(17-10(2,3)4)16-9(15-7)18-6(11)12/h6H,5H2,1-4H3,(H2,13,14,15,16,17). The minimum atomic E-state index is -2.55. The Labute approximate surface area is 109 Å². The number of rotatable bonds is 5. The molecule has 0 atom stereocenters. The average molecular weight is 277 g/mol. The molecule has 8 heteroatoms. The Kier molecular flexibility index (Phi) is 5.06. The summed E-state index contributed by atoms with van der Waals surface area (Å²) in [5.41, 5.74) is -0.252. The molecule has 0 unspecified atom stereocenters. The molecular weight excluding hydrogens is 260 g/mol. The Morgan fingerprint density at radius 1 is 1.17 bits per heavy atom. The molecule has 0 fully saturated rings. The van der Waals surface area contributed by atoms with Crippen LogP contribution in [0.2, 0.25) is 0 Å². The summed E-state index contributed by atoms with van der Waals surface area (Å²) in [6, 6.07) is 0. The molecule has 0 radical (unpaired) electrons. The van der Waals surface area contributed by atoms with Crippen LogP contribution in [0.4, 0.5) is 20.7 Å². The number of hydrogen-bond acceptors (Lipinski definition) is 6. The Morgan fingerprint density at radius 3 is 2.28 bits per heavy atom. The molecule has 1 rings (SSSR count). The maximum Gasteiger partial charge on any atom is 0.291 e. The van der Waals surface area contributed by atoms with Gasteiger partial charge in [0.2, 0.25) is 11.9 Å². The second kappa shape index (κ2) is 6.12. The molecular formula is C10H17F2N5S. The van der Waals surface area contributed by atoms with E-state index < -0.39 is 5.76 Å². The van der Waals surface area contributed by atoms with Gasteiger partial charge in [-0.15, -0.1) is 0 Å². The van der Waals surface area contributed by atoms with Crippen LogP contribution in [0.3, 0.4) is 0 Å². The highest BCUT2D eigenvalue weighted by atomic mass is 32.2. The third-order valence-corrected chi connectivity index (χ3v) is 2.20. The van der Waals surface area contributed by atoms with Crippen LogP contribution in [-0.4, -0.2) is 32.8 Å². The molecule has 0 saturated heterocycles. The van der Waals surface area contributed by atoms with Crippen LogP contribution in [0.5, 0.6) is 0 Å². The SMILES string of the molecule is CCNc1nc(NC(C)(C)C)nc(SC(F)F)n1. The third kappa shape index (κ3) is 5.44. The predicted molar refractivity (Wildman–Crippen MR) is 69.2 cm³/mol. The molecule has 1 heterocycles. The minimum Gasteiger partial charge on any atom is -0.354 e. The van der Waals surface area contributed by atoms with E-state index in [4.69, 9.17) is 0 Å². The molecule has 0 amide bonds. The zero-order valence-electron chi connectivity index (χ0n) is 10.8. The van der Waals surface area contributed by atoms with Gasteiger partial charge in [0.25, 0.3) is 5.76 Å². The summed E-state index contributed by atoms with van der Waals surface area (Å²) in [5.74, 6) is -1.97. The highest BCUT2D eigenvalue weighted by Gasteiger charge is 2.16. The van der Waals surface area contributed by atoms with Crippen molar-refractivity contribution >= 4 is 23.7 Å². The van der Waals surface area contributed by atoms with Crippen molar-refractivity contribution in [3.8, 4) is 0 Å². The van der Waals surface area contributed by atoms with Gasteiger partial charge in [0, 0.05) is 12.1 Å². The smallest absolute Gasteiger partial charge is 0.291 e. The molecule has 0 aromatic carbocycles. The van der Waals surface area contributed by atoms with Gasteiger partial charge in [-0.25, -0.2) is 0 Å². The van der Waals surface area contributed by atoms with Gasteiger partial charge >= 0.3 is 0 Å². The lowest BCUT2D eigenvalue weighted by Crippen LogP contribution is -2.27. The van der Waals surface area contributed by atoms with Gasteiger partial charge in [0.05, 0.1) is 0 Å². The second-order valence-electron chi connectivity index (χ2n) is 4.55. The maximum atomic E-state index is 12.3. The molecule has 0 bridgehead atoms. The first-order chi connectivity index (χ1) is 8.30. The Morgan fingerprint density at radius 2 is 1.78 bits per heavy atom. The van der Waals surface area contributed by atoms with Gasteiger partial charge < -0.3 is 10.6 Å². The van der Waals surface area contributed by atoms with Crippen molar-refractivity contribution in [2.45, 2.75) is 44.1 Å². The van der Waals surface area contributed by atoms with E-state index in [1.807, 2.05) is 27.7 Å². The summed E-state index contributed by atoms with van der Waals surface area (Å²) in [4.78, 5) is 12.0. The summed E-state index contributed by atoms with van der Waals surface area (Å²) in [7, 11) is 0. The van der Waals surface area contributed by atoms with Crippen LogP contribution in [0.25, 0.3) is 0 Å². The molecule has 18 heavy (non-hydrogen) atoms. The van der Waals surface area contributed by atoms with E-state index in [1.54, 1.807) is 0 Å². The highest BCUT2D eigenvalue weighted by Crippen LogP contribution is 2.23. The highest BCUT2D eigenvalue weighted by molar-refractivity contribution is 7.99. The van der Waals surface area contributed by atoms with Crippen LogP contribution < -0.4 is 10.6 Å². The monoisotopic (exact) mass is 277 g/mol. The van der Waals surface area contributed by atoms with Gasteiger partial charge in [0.1, 0.15) is 0 Å². The van der Waals surface area contributed by atoms with Gasteiger partial charge in [0.15, 0.2) is 5.16 Å². The predicted octanol–water partition coefficient (Wildman–Crippen LogP) is 2.83. The van der Waals surface area contributed by atoms with Crippen molar-refractivity contribution < 1.29 is 8.78 Å². The lowest BCUT2D eigenvalue weighted by molar-refractivity contribution is 0.251. The first-order valence-electron chi connectivity index (χ1n) is 5.53. The molecule has 102 valence electrons. The number of hydrogen-bond donors (Lipinski definition) is 2. The van der Waals surface area contributed by atoms with Crippen molar-refractivity contribution in [1.29, 1.82) is 0 Å². The van der Waals surface area contributed by atoms with Crippen LogP contribution in [-0.2, 0) is 0 Å². The van der Waals surface area contributed by atoms with Crippen molar-refractivity contribution in [2.24, 2.45) is 0 Å². The maximum absolute atomic E-state index is 12.3. The molecule has 0 aliphatic carbocycles. The summed E-state index contributed by atoms with van der Waals surface area (Å²) in [5, 5.41) is 5.92. The van der Waals surface area contributed by atoms with Crippen molar-refractivity contribution in [1.82, 2.24) is 15.0 Å². The van der Waals surface area contributed by atoms with E-state index in [2.05, 4.69) is 25.6 Å². The molecule has 5 nitrogen and oxygen atoms in total. The van der Waals surface area contributed by atoms with Gasteiger partial charge in [-0.1, -0.05) is 0 Å². The number of halogens is 2. The van der Waals surface area contributed by atoms with Crippen molar-refractivity contribution in [3.63, 3.8) is 0 Å². The topological polar surface area (TPSA) is 62.7 Å². The number of thioether (sulfide) groups is 1. The third-order valence-electron chi connectivity index (χ3n) is 1.63. The van der Waals surface area contributed by atoms with Crippen molar-refractivity contribution in [2.75, 3.05) is 17.2 Å². The lowest BCUT2D eigenvalue weighted by Gasteiger charge is -2.20. The Balaban J connectivity index is 2.97. The number of alkyl halides is 2. The fourth-order valence-corrected chi connectivity index (χ4v) is 1.56. The van der Waals surface area contributed by atoms with E-state index in [0.717, 1.165) is 0 Å². The van der Waals surface area contributed by atoms with E-state index in [0.29, 0.717) is 24.3 Å². The fourth-order valence-electron chi connectivity index (χ4n) is 1.12. The number of anilines is 2. The largest absolute Gasteiger partial charge is 0.354 e. The summed E-state index contributed by atoms with van der Waals surface area (Å²) in [6.45, 7) is 8.29. The van der Waals surface area contributed by atoms with E-state index in [-0.39, 0.29) is 16.6 Å². The molecule has 1 aromatic rings. The van der Waals surface area contributed by atoms with Gasteiger partial charge in [-0.2, -0.15) is 23.7 Å². The molecule has 0 aliphatic rings. The molecule has 1 aromatic heterocycles. The average Bonchev–Trinajstić information content (AvgIpc) is 2.12. The number of nitrogens with zero attached hydrogens (tertiary/aromatic N) is 3. The molecule has 0 aliphatic heterocycles. The van der Waals surface area contributed by atoms with E-state index in [1.165, 1.54) is 0 Å². The lowest BCUT2D eigenvalue weighted by atomic mass is 10.1. The summed E-state index contributed by atoms with van der Waals surface area (Å²) >= 11 is 0.303. The van der Waals surface area contributed by atoms with Crippen LogP contribution in [0, 0.1) is 0 Å². The minimum absolute atomic E-state index is 0.00250. The fraction of sp³-hybridized carbons (Fsp3) is 0.700. The zero-order valence-corrected chi connectivity index (χ0v) is 11.6. The van der Waals surface area contributed by atoms with Crippen molar-refractivity contribution in [3.05, 3.63) is 0 Å². The Hall–Kier alpha value is -1.18. The first-order valence-corrected chi connectivity index (χ1v) is 6.41. The van der Waals surface area contributed by atoms with Crippen LogP contribution in [0.1, 0.15) is 27.7 Å². The number of nitrogens with one attached hydrogen (secondary N) is 2. The van der Waals surface area contributed by atoms with E-state index in [9.17, 15) is 8.78 Å². The number of aromatic nitrogens is 3. The molecule has 2 N–H and O–H groups in total. The first kappa shape index (κ1) is 14.9. The Bertz CT molecular complexity index is 394.